The molecule has 0 aliphatic rings. The Balaban J connectivity index is 3.08. The summed E-state index contributed by atoms with van der Waals surface area (Å²) >= 11 is 5.60. The van der Waals surface area contributed by atoms with Gasteiger partial charge in [0.05, 0.1) is 0 Å². The van der Waals surface area contributed by atoms with Gasteiger partial charge < -0.3 is 5.11 Å². The minimum absolute atomic E-state index is 0.131. The highest BCUT2D eigenvalue weighted by Crippen LogP contribution is 2.16. The van der Waals surface area contributed by atoms with Gasteiger partial charge in [0.15, 0.2) is 0 Å². The SMILES string of the molecule is C/C(=C/c1cc(F)cc(Cl)c1)C(=O)O. The van der Waals surface area contributed by atoms with Gasteiger partial charge in [0.1, 0.15) is 5.82 Å². The van der Waals surface area contributed by atoms with Gasteiger partial charge in [-0.1, -0.05) is 11.6 Å². The second-order valence-electron chi connectivity index (χ2n) is 2.84. The third-order valence-electron chi connectivity index (χ3n) is 1.61. The summed E-state index contributed by atoms with van der Waals surface area (Å²) < 4.78 is 12.8. The van der Waals surface area contributed by atoms with Gasteiger partial charge in [-0.15, -0.1) is 0 Å². The summed E-state index contributed by atoms with van der Waals surface area (Å²) in [6.07, 6.45) is 1.36. The second-order valence-corrected chi connectivity index (χ2v) is 3.27. The van der Waals surface area contributed by atoms with Crippen LogP contribution < -0.4 is 0 Å². The Hall–Kier alpha value is -1.35. The smallest absolute Gasteiger partial charge is 0.331 e. The molecular formula is C10H8ClFO2. The number of halogens is 2. The molecule has 74 valence electrons. The molecule has 1 aromatic carbocycles. The largest absolute Gasteiger partial charge is 0.478 e. The minimum Gasteiger partial charge on any atom is -0.478 e. The van der Waals surface area contributed by atoms with Crippen LogP contribution in [0.25, 0.3) is 6.08 Å². The number of hydrogen-bond donors (Lipinski definition) is 1. The molecular weight excluding hydrogens is 207 g/mol. The normalized spacial score (nSPS) is 11.5. The number of rotatable bonds is 2. The van der Waals surface area contributed by atoms with E-state index in [0.29, 0.717) is 5.56 Å². The molecule has 0 unspecified atom stereocenters. The van der Waals surface area contributed by atoms with Crippen LogP contribution in [0.4, 0.5) is 4.39 Å². The molecule has 0 saturated heterocycles. The molecule has 0 aliphatic carbocycles. The van der Waals surface area contributed by atoms with Gasteiger partial charge in [-0.3, -0.25) is 0 Å². The van der Waals surface area contributed by atoms with Crippen molar-refractivity contribution >= 4 is 23.6 Å². The maximum absolute atomic E-state index is 12.8. The van der Waals surface area contributed by atoms with Crippen LogP contribution in [0.15, 0.2) is 23.8 Å². The third-order valence-corrected chi connectivity index (χ3v) is 1.82. The van der Waals surface area contributed by atoms with E-state index in [1.54, 1.807) is 0 Å². The van der Waals surface area contributed by atoms with Gasteiger partial charge in [-0.05, 0) is 36.8 Å². The first kappa shape index (κ1) is 10.7. The molecule has 0 aromatic heterocycles. The summed E-state index contributed by atoms with van der Waals surface area (Å²) in [5.41, 5.74) is 0.571. The van der Waals surface area contributed by atoms with E-state index in [0.717, 1.165) is 6.07 Å². The highest BCUT2D eigenvalue weighted by atomic mass is 35.5. The van der Waals surface area contributed by atoms with E-state index in [1.807, 2.05) is 0 Å². The van der Waals surface area contributed by atoms with Gasteiger partial charge in [0.2, 0.25) is 0 Å². The maximum Gasteiger partial charge on any atom is 0.331 e. The molecule has 0 saturated carbocycles. The first-order chi connectivity index (χ1) is 6.49. The van der Waals surface area contributed by atoms with Gasteiger partial charge in [-0.2, -0.15) is 0 Å². The Morgan fingerprint density at radius 3 is 2.64 bits per heavy atom. The maximum atomic E-state index is 12.8. The molecule has 0 amide bonds. The van der Waals surface area contributed by atoms with Crippen LogP contribution in [0.5, 0.6) is 0 Å². The molecule has 1 aromatic rings. The van der Waals surface area contributed by atoms with E-state index in [-0.39, 0.29) is 10.6 Å². The summed E-state index contributed by atoms with van der Waals surface area (Å²) in [6, 6.07) is 3.88. The Morgan fingerprint density at radius 1 is 1.50 bits per heavy atom. The van der Waals surface area contributed by atoms with Crippen LogP contribution in [0, 0.1) is 5.82 Å². The minimum atomic E-state index is -1.04. The summed E-state index contributed by atoms with van der Waals surface area (Å²) in [5.74, 6) is -1.52. The number of aliphatic carboxylic acids is 1. The summed E-state index contributed by atoms with van der Waals surface area (Å²) in [7, 11) is 0. The zero-order chi connectivity index (χ0) is 10.7. The van der Waals surface area contributed by atoms with Crippen molar-refractivity contribution in [3.05, 3.63) is 40.2 Å². The lowest BCUT2D eigenvalue weighted by Gasteiger charge is -1.97. The van der Waals surface area contributed by atoms with E-state index in [2.05, 4.69) is 0 Å². The second kappa shape index (κ2) is 4.24. The number of carbonyl (C=O) groups is 1. The van der Waals surface area contributed by atoms with E-state index in [4.69, 9.17) is 16.7 Å². The summed E-state index contributed by atoms with van der Waals surface area (Å²) in [6.45, 7) is 1.43. The molecule has 2 nitrogen and oxygen atoms in total. The fraction of sp³-hybridized carbons (Fsp3) is 0.100. The number of carboxylic acids is 1. The molecule has 4 heteroatoms. The van der Waals surface area contributed by atoms with Crippen molar-refractivity contribution < 1.29 is 14.3 Å². The van der Waals surface area contributed by atoms with Gasteiger partial charge in [0, 0.05) is 10.6 Å². The van der Waals surface area contributed by atoms with Crippen molar-refractivity contribution in [3.8, 4) is 0 Å². The van der Waals surface area contributed by atoms with E-state index in [1.165, 1.54) is 25.1 Å². The molecule has 1 N–H and O–H groups in total. The molecule has 0 aliphatic heterocycles. The van der Waals surface area contributed by atoms with Crippen molar-refractivity contribution in [1.82, 2.24) is 0 Å². The standard InChI is InChI=1S/C10H8ClFO2/c1-6(10(13)14)2-7-3-8(11)5-9(12)4-7/h2-5H,1H3,(H,13,14)/b6-2-. The Kier molecular flexibility index (Phi) is 3.25. The fourth-order valence-electron chi connectivity index (χ4n) is 0.970. The Labute approximate surface area is 85.6 Å². The lowest BCUT2D eigenvalue weighted by atomic mass is 10.1. The summed E-state index contributed by atoms with van der Waals surface area (Å²) in [4.78, 5) is 10.5. The predicted octanol–water partition coefficient (Wildman–Crippen LogP) is 2.97. The topological polar surface area (TPSA) is 37.3 Å². The zero-order valence-corrected chi connectivity index (χ0v) is 8.18. The molecule has 1 rings (SSSR count). The average molecular weight is 215 g/mol. The molecule has 0 radical (unpaired) electrons. The van der Waals surface area contributed by atoms with Gasteiger partial charge >= 0.3 is 5.97 Å². The number of benzene rings is 1. The lowest BCUT2D eigenvalue weighted by molar-refractivity contribution is -0.132. The monoisotopic (exact) mass is 214 g/mol. The van der Waals surface area contributed by atoms with E-state index < -0.39 is 11.8 Å². The van der Waals surface area contributed by atoms with Crippen molar-refractivity contribution in [3.63, 3.8) is 0 Å². The first-order valence-corrected chi connectivity index (χ1v) is 4.24. The van der Waals surface area contributed by atoms with Crippen LogP contribution in [-0.2, 0) is 4.79 Å². The summed E-state index contributed by atoms with van der Waals surface area (Å²) in [5, 5.41) is 8.83. The van der Waals surface area contributed by atoms with E-state index in [9.17, 15) is 9.18 Å². The molecule has 0 spiro atoms. The molecule has 0 bridgehead atoms. The van der Waals surface area contributed by atoms with Gasteiger partial charge in [0.25, 0.3) is 0 Å². The van der Waals surface area contributed by atoms with Crippen molar-refractivity contribution in [1.29, 1.82) is 0 Å². The zero-order valence-electron chi connectivity index (χ0n) is 7.42. The lowest BCUT2D eigenvalue weighted by Crippen LogP contribution is -1.95. The fourth-order valence-corrected chi connectivity index (χ4v) is 1.20. The highest BCUT2D eigenvalue weighted by molar-refractivity contribution is 6.30. The third kappa shape index (κ3) is 2.85. The molecule has 0 fully saturated rings. The number of hydrogen-bond acceptors (Lipinski definition) is 1. The van der Waals surface area contributed by atoms with Gasteiger partial charge in [-0.25, -0.2) is 9.18 Å². The van der Waals surface area contributed by atoms with Crippen molar-refractivity contribution in [2.75, 3.05) is 0 Å². The predicted molar refractivity (Wildman–Crippen MR) is 52.7 cm³/mol. The van der Waals surface area contributed by atoms with Crippen LogP contribution in [-0.4, -0.2) is 11.1 Å². The van der Waals surface area contributed by atoms with Crippen LogP contribution in [0.2, 0.25) is 5.02 Å². The number of carboxylic acid groups (broad SMARTS) is 1. The van der Waals surface area contributed by atoms with Crippen molar-refractivity contribution in [2.45, 2.75) is 6.92 Å². The van der Waals surface area contributed by atoms with Crippen LogP contribution in [0.3, 0.4) is 0 Å². The molecule has 0 atom stereocenters. The first-order valence-electron chi connectivity index (χ1n) is 3.87. The Bertz CT molecular complexity index is 379. The quantitative estimate of drug-likeness (QED) is 0.769. The molecule has 14 heavy (non-hydrogen) atoms. The Morgan fingerprint density at radius 2 is 2.14 bits per heavy atom. The highest BCUT2D eigenvalue weighted by Gasteiger charge is 2.01. The molecule has 0 heterocycles. The van der Waals surface area contributed by atoms with Crippen LogP contribution in [0.1, 0.15) is 12.5 Å². The average Bonchev–Trinajstić information content (AvgIpc) is 2.01. The van der Waals surface area contributed by atoms with Crippen LogP contribution >= 0.6 is 11.6 Å². The van der Waals surface area contributed by atoms with E-state index >= 15 is 0 Å². The van der Waals surface area contributed by atoms with Crippen molar-refractivity contribution in [2.24, 2.45) is 0 Å².